The monoisotopic (exact) mass is 283 g/mol. The van der Waals surface area contributed by atoms with Gasteiger partial charge >= 0.3 is 0 Å². The fraction of sp³-hybridized carbons (Fsp3) is 0.600. The molecule has 0 aliphatic heterocycles. The minimum atomic E-state index is -0.667. The largest absolute Gasteiger partial charge is 0.490 e. The van der Waals surface area contributed by atoms with Crippen LogP contribution in [-0.2, 0) is 16.0 Å². The number of nitrogens with two attached hydrogens (primary N) is 1. The highest BCUT2D eigenvalue weighted by Crippen LogP contribution is 2.17. The van der Waals surface area contributed by atoms with Gasteiger partial charge in [-0.3, -0.25) is 0 Å². The summed E-state index contributed by atoms with van der Waals surface area (Å²) in [4.78, 5) is 0. The summed E-state index contributed by atoms with van der Waals surface area (Å²) in [6.07, 6.45) is -0.473. The smallest absolute Gasteiger partial charge is 0.123 e. The van der Waals surface area contributed by atoms with Crippen molar-refractivity contribution in [2.24, 2.45) is 5.73 Å². The number of ether oxygens (including phenoxy) is 3. The van der Waals surface area contributed by atoms with E-state index in [4.69, 9.17) is 19.9 Å². The Morgan fingerprint density at radius 3 is 2.60 bits per heavy atom. The molecule has 1 aromatic carbocycles. The number of rotatable bonds is 10. The lowest BCUT2D eigenvalue weighted by Gasteiger charge is -2.15. The molecule has 1 atom stereocenters. The van der Waals surface area contributed by atoms with Crippen molar-refractivity contribution in [3.8, 4) is 5.75 Å². The predicted octanol–water partition coefficient (Wildman–Crippen LogP) is 1.33. The highest BCUT2D eigenvalue weighted by Gasteiger charge is 2.07. The quantitative estimate of drug-likeness (QED) is 0.634. The summed E-state index contributed by atoms with van der Waals surface area (Å²) in [5, 5.41) is 9.76. The highest BCUT2D eigenvalue weighted by atomic mass is 16.5. The molecule has 1 aromatic rings. The Balaban J connectivity index is 2.18. The summed E-state index contributed by atoms with van der Waals surface area (Å²) >= 11 is 0. The van der Waals surface area contributed by atoms with Gasteiger partial charge in [0.15, 0.2) is 0 Å². The van der Waals surface area contributed by atoms with E-state index in [2.05, 4.69) is 0 Å². The number of benzene rings is 1. The van der Waals surface area contributed by atoms with Gasteiger partial charge in [0.2, 0.25) is 0 Å². The molecule has 0 saturated carbocycles. The van der Waals surface area contributed by atoms with Crippen molar-refractivity contribution in [1.29, 1.82) is 0 Å². The van der Waals surface area contributed by atoms with Crippen LogP contribution in [0, 0.1) is 0 Å². The number of hydrogen-bond acceptors (Lipinski definition) is 5. The Morgan fingerprint density at radius 1 is 1.15 bits per heavy atom. The van der Waals surface area contributed by atoms with Crippen LogP contribution in [-0.4, -0.2) is 43.7 Å². The van der Waals surface area contributed by atoms with Crippen molar-refractivity contribution in [1.82, 2.24) is 0 Å². The number of para-hydroxylation sites is 1. The third-order valence-corrected chi connectivity index (χ3v) is 2.61. The van der Waals surface area contributed by atoms with Crippen LogP contribution < -0.4 is 10.5 Å². The second kappa shape index (κ2) is 9.72. The molecular weight excluding hydrogens is 258 g/mol. The molecule has 0 heterocycles. The van der Waals surface area contributed by atoms with Gasteiger partial charge in [0.25, 0.3) is 0 Å². The lowest BCUT2D eigenvalue weighted by Crippen LogP contribution is -2.25. The zero-order chi connectivity index (χ0) is 14.8. The van der Waals surface area contributed by atoms with E-state index < -0.39 is 6.10 Å². The first-order valence-corrected chi connectivity index (χ1v) is 6.91. The Morgan fingerprint density at radius 2 is 1.90 bits per heavy atom. The molecule has 5 heteroatoms. The van der Waals surface area contributed by atoms with Gasteiger partial charge in [0, 0.05) is 12.1 Å². The van der Waals surface area contributed by atoms with Crippen molar-refractivity contribution >= 4 is 0 Å². The Bertz CT molecular complexity index is 371. The van der Waals surface area contributed by atoms with Crippen LogP contribution in [0.2, 0.25) is 0 Å². The molecular formula is C15H25NO4. The predicted molar refractivity (Wildman–Crippen MR) is 77.7 cm³/mol. The molecule has 0 fully saturated rings. The summed E-state index contributed by atoms with van der Waals surface area (Å²) < 4.78 is 16.2. The Labute approximate surface area is 120 Å². The van der Waals surface area contributed by atoms with Gasteiger partial charge in [-0.25, -0.2) is 0 Å². The zero-order valence-electron chi connectivity index (χ0n) is 12.2. The number of aliphatic hydroxyl groups is 1. The van der Waals surface area contributed by atoms with Gasteiger partial charge < -0.3 is 25.1 Å². The van der Waals surface area contributed by atoms with E-state index in [1.807, 2.05) is 38.1 Å². The summed E-state index contributed by atoms with van der Waals surface area (Å²) in [6.45, 7) is 5.76. The molecule has 1 unspecified atom stereocenters. The van der Waals surface area contributed by atoms with Crippen molar-refractivity contribution in [2.45, 2.75) is 32.6 Å². The molecule has 0 amide bonds. The zero-order valence-corrected chi connectivity index (χ0v) is 12.2. The maximum atomic E-state index is 9.76. The minimum absolute atomic E-state index is 0.183. The molecule has 3 N–H and O–H groups in total. The molecule has 114 valence electrons. The fourth-order valence-electron chi connectivity index (χ4n) is 1.61. The topological polar surface area (TPSA) is 73.9 Å². The molecule has 0 saturated heterocycles. The van der Waals surface area contributed by atoms with E-state index in [9.17, 15) is 5.11 Å². The average Bonchev–Trinajstić information content (AvgIpc) is 2.44. The van der Waals surface area contributed by atoms with Crippen molar-refractivity contribution in [2.75, 3.05) is 26.4 Å². The second-order valence-corrected chi connectivity index (χ2v) is 4.77. The molecule has 5 nitrogen and oxygen atoms in total. The van der Waals surface area contributed by atoms with E-state index in [1.165, 1.54) is 0 Å². The fourth-order valence-corrected chi connectivity index (χ4v) is 1.61. The summed E-state index contributed by atoms with van der Waals surface area (Å²) in [6, 6.07) is 7.53. The number of hydrogen-bond donors (Lipinski definition) is 2. The van der Waals surface area contributed by atoms with Gasteiger partial charge in [-0.05, 0) is 19.9 Å². The summed E-state index contributed by atoms with van der Waals surface area (Å²) in [5.41, 5.74) is 6.54. The highest BCUT2D eigenvalue weighted by molar-refractivity contribution is 5.32. The van der Waals surface area contributed by atoms with Crippen LogP contribution in [0.15, 0.2) is 24.3 Å². The Hall–Kier alpha value is -1.14. The lowest BCUT2D eigenvalue weighted by atomic mass is 10.2. The van der Waals surface area contributed by atoms with Crippen LogP contribution in [0.25, 0.3) is 0 Å². The lowest BCUT2D eigenvalue weighted by molar-refractivity contribution is -0.0213. The molecule has 0 aromatic heterocycles. The maximum absolute atomic E-state index is 9.76. The van der Waals surface area contributed by atoms with Crippen LogP contribution in [0.4, 0.5) is 0 Å². The average molecular weight is 283 g/mol. The van der Waals surface area contributed by atoms with Crippen LogP contribution in [0.5, 0.6) is 5.75 Å². The molecule has 0 aliphatic carbocycles. The van der Waals surface area contributed by atoms with Gasteiger partial charge in [0.05, 0.1) is 25.9 Å². The van der Waals surface area contributed by atoms with Crippen LogP contribution in [0.1, 0.15) is 19.4 Å². The number of aliphatic hydroxyl groups excluding tert-OH is 1. The van der Waals surface area contributed by atoms with Gasteiger partial charge in [-0.1, -0.05) is 18.2 Å². The van der Waals surface area contributed by atoms with Crippen LogP contribution >= 0.6 is 0 Å². The van der Waals surface area contributed by atoms with Crippen molar-refractivity contribution in [3.63, 3.8) is 0 Å². The molecule has 0 aliphatic rings. The molecule has 0 spiro atoms. The van der Waals surface area contributed by atoms with E-state index in [1.54, 1.807) is 0 Å². The van der Waals surface area contributed by atoms with E-state index in [0.29, 0.717) is 25.5 Å². The SMILES string of the molecule is CC(C)OCCOCC(O)COc1ccccc1CN. The first kappa shape index (κ1) is 16.9. The van der Waals surface area contributed by atoms with Gasteiger partial charge in [0.1, 0.15) is 18.5 Å². The summed E-state index contributed by atoms with van der Waals surface area (Å²) in [5.74, 6) is 0.706. The molecule has 20 heavy (non-hydrogen) atoms. The van der Waals surface area contributed by atoms with E-state index in [-0.39, 0.29) is 19.3 Å². The molecule has 0 radical (unpaired) electrons. The molecule has 0 bridgehead atoms. The van der Waals surface area contributed by atoms with E-state index in [0.717, 1.165) is 5.56 Å². The maximum Gasteiger partial charge on any atom is 0.123 e. The standard InChI is InChI=1S/C15H25NO4/c1-12(2)19-8-7-18-10-14(17)11-20-15-6-4-3-5-13(15)9-16/h3-6,12,14,17H,7-11,16H2,1-2H3. The first-order chi connectivity index (χ1) is 9.63. The Kier molecular flexibility index (Phi) is 8.22. The third kappa shape index (κ3) is 6.86. The second-order valence-electron chi connectivity index (χ2n) is 4.77. The van der Waals surface area contributed by atoms with Gasteiger partial charge in [-0.2, -0.15) is 0 Å². The molecule has 1 rings (SSSR count). The third-order valence-electron chi connectivity index (χ3n) is 2.61. The van der Waals surface area contributed by atoms with Crippen molar-refractivity contribution < 1.29 is 19.3 Å². The van der Waals surface area contributed by atoms with Crippen LogP contribution in [0.3, 0.4) is 0 Å². The van der Waals surface area contributed by atoms with Crippen molar-refractivity contribution in [3.05, 3.63) is 29.8 Å². The summed E-state index contributed by atoms with van der Waals surface area (Å²) in [7, 11) is 0. The normalized spacial score (nSPS) is 12.7. The minimum Gasteiger partial charge on any atom is -0.490 e. The van der Waals surface area contributed by atoms with E-state index >= 15 is 0 Å². The first-order valence-electron chi connectivity index (χ1n) is 6.91. The van der Waals surface area contributed by atoms with Gasteiger partial charge in [-0.15, -0.1) is 0 Å².